The minimum atomic E-state index is -4.77. The molecule has 2 fully saturated rings. The molecule has 1 saturated heterocycles. The van der Waals surface area contributed by atoms with Crippen molar-refractivity contribution < 1.29 is 28.1 Å². The Labute approximate surface area is 157 Å². The smallest absolute Gasteiger partial charge is 0.386 e. The van der Waals surface area contributed by atoms with Crippen LogP contribution in [0.5, 0.6) is 0 Å². The van der Waals surface area contributed by atoms with Crippen molar-refractivity contribution in [1.82, 2.24) is 19.5 Å². The lowest BCUT2D eigenvalue weighted by atomic mass is 10.1. The highest BCUT2D eigenvalue weighted by molar-refractivity contribution is 5.83. The van der Waals surface area contributed by atoms with Gasteiger partial charge in [-0.3, -0.25) is 4.57 Å². The molecular formula is C17H18F3N5O3. The molecule has 28 heavy (non-hydrogen) atoms. The zero-order valence-corrected chi connectivity index (χ0v) is 14.6. The van der Waals surface area contributed by atoms with E-state index < -0.39 is 36.5 Å². The summed E-state index contributed by atoms with van der Waals surface area (Å²) in [5.41, 5.74) is -0.0499. The van der Waals surface area contributed by atoms with Gasteiger partial charge in [0.25, 0.3) is 0 Å². The maximum atomic E-state index is 13.4. The number of imidazole rings is 1. The second-order valence-corrected chi connectivity index (χ2v) is 6.94. The first kappa shape index (κ1) is 18.9. The topological polar surface area (TPSA) is 105 Å². The predicted molar refractivity (Wildman–Crippen MR) is 91.0 cm³/mol. The van der Waals surface area contributed by atoms with Gasteiger partial charge in [0.1, 0.15) is 18.3 Å². The molecule has 2 aliphatic rings. The van der Waals surface area contributed by atoms with E-state index in [1.165, 1.54) is 6.33 Å². The molecule has 1 saturated carbocycles. The van der Waals surface area contributed by atoms with E-state index in [2.05, 4.69) is 26.2 Å². The molecule has 11 heteroatoms. The number of fused-ring (bicyclic) bond motifs is 1. The predicted octanol–water partition coefficient (Wildman–Crippen LogP) is 1.45. The quantitative estimate of drug-likeness (QED) is 0.674. The molecule has 0 unspecified atom stereocenters. The maximum absolute atomic E-state index is 13.4. The molecule has 2 aromatic heterocycles. The third kappa shape index (κ3) is 3.17. The summed E-state index contributed by atoms with van der Waals surface area (Å²) in [6, 6.07) is 0.00490. The summed E-state index contributed by atoms with van der Waals surface area (Å²) in [5, 5.41) is 23.2. The molecule has 150 valence electrons. The average Bonchev–Trinajstić information content (AvgIpc) is 3.35. The molecule has 0 aromatic carbocycles. The van der Waals surface area contributed by atoms with Gasteiger partial charge < -0.3 is 20.3 Å². The van der Waals surface area contributed by atoms with Crippen molar-refractivity contribution >= 4 is 17.0 Å². The van der Waals surface area contributed by atoms with Crippen LogP contribution in [0.25, 0.3) is 11.2 Å². The second kappa shape index (κ2) is 6.88. The van der Waals surface area contributed by atoms with E-state index in [1.54, 1.807) is 0 Å². The molecule has 3 heterocycles. The minimum Gasteiger partial charge on any atom is -0.386 e. The lowest BCUT2D eigenvalue weighted by Gasteiger charge is -2.18. The number of aliphatic hydroxyl groups is 2. The van der Waals surface area contributed by atoms with Crippen molar-refractivity contribution in [1.29, 1.82) is 0 Å². The number of hydrogen-bond donors (Lipinski definition) is 3. The van der Waals surface area contributed by atoms with Gasteiger partial charge in [0.2, 0.25) is 5.82 Å². The Hall–Kier alpha value is -2.42. The van der Waals surface area contributed by atoms with Gasteiger partial charge in [0.15, 0.2) is 23.2 Å². The zero-order chi connectivity index (χ0) is 20.1. The summed E-state index contributed by atoms with van der Waals surface area (Å²) in [6.45, 7) is 0. The summed E-state index contributed by atoms with van der Waals surface area (Å²) >= 11 is 0. The standard InChI is InChI=1S/C17H18F3N5O3/c1-2-9-11(26)12(27)15(28-9)25-7-21-10-13(22-8-5-3-4-6-8)23-16(17(18,19)20)24-14(10)25/h1,7-9,11-12,15,26-27H,3-6H2,(H,22,23,24)/t9-,11+,12-,15-/m1/s1. The van der Waals surface area contributed by atoms with E-state index in [9.17, 15) is 23.4 Å². The van der Waals surface area contributed by atoms with Crippen molar-refractivity contribution in [3.05, 3.63) is 12.2 Å². The van der Waals surface area contributed by atoms with Crippen molar-refractivity contribution in [2.24, 2.45) is 0 Å². The van der Waals surface area contributed by atoms with Crippen LogP contribution in [0.15, 0.2) is 6.33 Å². The van der Waals surface area contributed by atoms with Gasteiger partial charge >= 0.3 is 6.18 Å². The largest absolute Gasteiger partial charge is 0.451 e. The van der Waals surface area contributed by atoms with Crippen LogP contribution < -0.4 is 5.32 Å². The van der Waals surface area contributed by atoms with Crippen LogP contribution in [0.1, 0.15) is 37.7 Å². The van der Waals surface area contributed by atoms with Gasteiger partial charge in [-0.25, -0.2) is 15.0 Å². The van der Waals surface area contributed by atoms with Crippen LogP contribution in [0.4, 0.5) is 19.0 Å². The molecule has 1 aliphatic carbocycles. The maximum Gasteiger partial charge on any atom is 0.451 e. The number of rotatable bonds is 3. The van der Waals surface area contributed by atoms with Crippen LogP contribution in [-0.4, -0.2) is 54.1 Å². The van der Waals surface area contributed by atoms with Crippen molar-refractivity contribution in [3.63, 3.8) is 0 Å². The van der Waals surface area contributed by atoms with Crippen LogP contribution in [0, 0.1) is 12.3 Å². The highest BCUT2D eigenvalue weighted by atomic mass is 19.4. The van der Waals surface area contributed by atoms with Crippen molar-refractivity contribution in [2.45, 2.75) is 62.4 Å². The molecule has 0 spiro atoms. The summed E-state index contributed by atoms with van der Waals surface area (Å²) in [6.07, 6.45) is 0.147. The van der Waals surface area contributed by atoms with Crippen LogP contribution >= 0.6 is 0 Å². The van der Waals surface area contributed by atoms with Gasteiger partial charge in [-0.1, -0.05) is 18.8 Å². The van der Waals surface area contributed by atoms with E-state index in [0.29, 0.717) is 0 Å². The van der Waals surface area contributed by atoms with E-state index >= 15 is 0 Å². The zero-order valence-electron chi connectivity index (χ0n) is 14.6. The number of nitrogens with zero attached hydrogens (tertiary/aromatic N) is 4. The molecule has 4 atom stereocenters. The average molecular weight is 397 g/mol. The highest BCUT2D eigenvalue weighted by Crippen LogP contribution is 2.35. The summed E-state index contributed by atoms with van der Waals surface area (Å²) < 4.78 is 46.6. The minimum absolute atomic E-state index is 0.00490. The van der Waals surface area contributed by atoms with Gasteiger partial charge in [0, 0.05) is 6.04 Å². The first-order valence-electron chi connectivity index (χ1n) is 8.85. The monoisotopic (exact) mass is 397 g/mol. The molecule has 4 rings (SSSR count). The van der Waals surface area contributed by atoms with Gasteiger partial charge in [-0.15, -0.1) is 6.42 Å². The number of ether oxygens (including phenoxy) is 1. The van der Waals surface area contributed by atoms with Gasteiger partial charge in [0.05, 0.1) is 6.33 Å². The number of terminal acetylenes is 1. The van der Waals surface area contributed by atoms with E-state index in [1.807, 2.05) is 0 Å². The normalized spacial score (nSPS) is 28.7. The van der Waals surface area contributed by atoms with Crippen molar-refractivity contribution in [2.75, 3.05) is 5.32 Å². The fourth-order valence-corrected chi connectivity index (χ4v) is 3.62. The fraction of sp³-hybridized carbons (Fsp3) is 0.588. The van der Waals surface area contributed by atoms with Crippen LogP contribution in [0.2, 0.25) is 0 Å². The number of alkyl halides is 3. The Kier molecular flexibility index (Phi) is 4.65. The number of anilines is 1. The summed E-state index contributed by atoms with van der Waals surface area (Å²) in [4.78, 5) is 11.4. The lowest BCUT2D eigenvalue weighted by Crippen LogP contribution is -2.31. The Morgan fingerprint density at radius 1 is 1.21 bits per heavy atom. The van der Waals surface area contributed by atoms with E-state index in [0.717, 1.165) is 30.3 Å². The number of halogens is 3. The van der Waals surface area contributed by atoms with Crippen LogP contribution in [-0.2, 0) is 10.9 Å². The SMILES string of the molecule is C#C[C@H]1O[C@@H](n2cnc3c(NC4CCCC4)nc(C(F)(F)F)nc32)[C@H](O)[C@H]1O. The first-order valence-corrected chi connectivity index (χ1v) is 8.85. The molecule has 0 bridgehead atoms. The summed E-state index contributed by atoms with van der Waals surface area (Å²) in [5.74, 6) is 0.835. The molecule has 0 amide bonds. The molecular weight excluding hydrogens is 379 g/mol. The Morgan fingerprint density at radius 2 is 1.93 bits per heavy atom. The van der Waals surface area contributed by atoms with E-state index in [4.69, 9.17) is 11.2 Å². The third-order valence-electron chi connectivity index (χ3n) is 5.05. The van der Waals surface area contributed by atoms with Gasteiger partial charge in [-0.05, 0) is 12.8 Å². The molecule has 2 aromatic rings. The molecule has 3 N–H and O–H groups in total. The molecule has 8 nitrogen and oxygen atoms in total. The third-order valence-corrected chi connectivity index (χ3v) is 5.05. The number of aliphatic hydroxyl groups excluding tert-OH is 2. The number of nitrogens with one attached hydrogen (secondary N) is 1. The number of hydrogen-bond acceptors (Lipinski definition) is 7. The van der Waals surface area contributed by atoms with E-state index in [-0.39, 0.29) is 23.0 Å². The van der Waals surface area contributed by atoms with Gasteiger partial charge in [-0.2, -0.15) is 13.2 Å². The highest BCUT2D eigenvalue weighted by Gasteiger charge is 2.44. The molecule has 1 aliphatic heterocycles. The first-order chi connectivity index (χ1) is 13.3. The Morgan fingerprint density at radius 3 is 2.54 bits per heavy atom. The Balaban J connectivity index is 1.80. The fourth-order valence-electron chi connectivity index (χ4n) is 3.62. The van der Waals surface area contributed by atoms with Crippen LogP contribution in [0.3, 0.4) is 0 Å². The Bertz CT molecular complexity index is 919. The van der Waals surface area contributed by atoms with Crippen molar-refractivity contribution in [3.8, 4) is 12.3 Å². The lowest BCUT2D eigenvalue weighted by molar-refractivity contribution is -0.144. The molecule has 0 radical (unpaired) electrons. The number of aromatic nitrogens is 4. The summed E-state index contributed by atoms with van der Waals surface area (Å²) in [7, 11) is 0. The second-order valence-electron chi connectivity index (χ2n) is 6.94.